The SMILES string of the molecule is CON(C(=O)c1ccc(C)c(Oc2ccnc(CC3CCN(C(=O)OC(C)(C)C)CC3)c2)c1)c1cc(CN2CCCC2)cc(C(C)(C)C)c1. The summed E-state index contributed by atoms with van der Waals surface area (Å²) in [6, 6.07) is 15.7. The predicted octanol–water partition coefficient (Wildman–Crippen LogP) is 8.47. The number of hydrogen-bond donors (Lipinski definition) is 0. The third-order valence-electron chi connectivity index (χ3n) is 9.26. The van der Waals surface area contributed by atoms with E-state index >= 15 is 0 Å². The molecule has 5 rings (SSSR count). The van der Waals surface area contributed by atoms with Crippen molar-refractivity contribution in [3.8, 4) is 11.5 Å². The Morgan fingerprint density at radius 1 is 0.918 bits per heavy atom. The van der Waals surface area contributed by atoms with E-state index in [2.05, 4.69) is 48.9 Å². The molecule has 9 heteroatoms. The average Bonchev–Trinajstić information content (AvgIpc) is 3.55. The lowest BCUT2D eigenvalue weighted by Gasteiger charge is -2.33. The number of piperidine rings is 1. The summed E-state index contributed by atoms with van der Waals surface area (Å²) in [5, 5.41) is 1.38. The number of pyridine rings is 1. The fraction of sp³-hybridized carbons (Fsp3) is 0.525. The standard InChI is InChI=1S/C40H54N4O5/c1-28-11-12-31(37(45)44(47-8)34-23-30(27-42-17-9-10-18-42)21-32(25-34)39(2,3)4)24-36(28)48-35-13-16-41-33(26-35)22-29-14-19-43(20-15-29)38(46)49-40(5,6)7/h11-13,16,21,23-26,29H,9-10,14-15,17-20,22,27H2,1-8H3. The number of nitrogens with zero attached hydrogens (tertiary/aromatic N) is 4. The minimum Gasteiger partial charge on any atom is -0.457 e. The highest BCUT2D eigenvalue weighted by Crippen LogP contribution is 2.32. The summed E-state index contributed by atoms with van der Waals surface area (Å²) < 4.78 is 11.9. The molecular formula is C40H54N4O5. The van der Waals surface area contributed by atoms with Crippen LogP contribution >= 0.6 is 0 Å². The van der Waals surface area contributed by atoms with Gasteiger partial charge in [-0.2, -0.15) is 5.06 Å². The molecule has 2 amide bonds. The topological polar surface area (TPSA) is 84.4 Å². The van der Waals surface area contributed by atoms with Crippen LogP contribution in [0, 0.1) is 12.8 Å². The van der Waals surface area contributed by atoms with Gasteiger partial charge < -0.3 is 14.4 Å². The molecule has 0 N–H and O–H groups in total. The van der Waals surface area contributed by atoms with E-state index in [-0.39, 0.29) is 17.4 Å². The molecule has 2 saturated heterocycles. The molecule has 2 aliphatic rings. The number of rotatable bonds is 9. The quantitative estimate of drug-likeness (QED) is 0.211. The second kappa shape index (κ2) is 15.3. The van der Waals surface area contributed by atoms with Crippen molar-refractivity contribution in [2.45, 2.75) is 98.1 Å². The zero-order valence-electron chi connectivity index (χ0n) is 30.7. The second-order valence-corrected chi connectivity index (χ2v) is 15.6. The van der Waals surface area contributed by atoms with Crippen molar-refractivity contribution in [3.63, 3.8) is 0 Å². The van der Waals surface area contributed by atoms with Crippen LogP contribution < -0.4 is 9.80 Å². The van der Waals surface area contributed by atoms with Crippen LogP contribution in [0.5, 0.6) is 11.5 Å². The predicted molar refractivity (Wildman–Crippen MR) is 193 cm³/mol. The lowest BCUT2D eigenvalue weighted by atomic mass is 9.85. The highest BCUT2D eigenvalue weighted by molar-refractivity contribution is 6.05. The van der Waals surface area contributed by atoms with Crippen molar-refractivity contribution in [3.05, 3.63) is 82.7 Å². The molecule has 9 nitrogen and oxygen atoms in total. The Morgan fingerprint density at radius 2 is 1.63 bits per heavy atom. The summed E-state index contributed by atoms with van der Waals surface area (Å²) >= 11 is 0. The average molecular weight is 671 g/mol. The van der Waals surface area contributed by atoms with Crippen LogP contribution in [0.15, 0.2) is 54.7 Å². The maximum atomic E-state index is 14.0. The first-order valence-electron chi connectivity index (χ1n) is 17.7. The molecule has 3 heterocycles. The van der Waals surface area contributed by atoms with E-state index < -0.39 is 5.60 Å². The number of carbonyl (C=O) groups is 2. The van der Waals surface area contributed by atoms with E-state index in [1.807, 2.05) is 52.0 Å². The highest BCUT2D eigenvalue weighted by atomic mass is 16.7. The molecule has 3 aromatic rings. The number of benzene rings is 2. The lowest BCUT2D eigenvalue weighted by Crippen LogP contribution is -2.42. The summed E-state index contributed by atoms with van der Waals surface area (Å²) in [4.78, 5) is 41.1. The summed E-state index contributed by atoms with van der Waals surface area (Å²) in [5.74, 6) is 1.41. The van der Waals surface area contributed by atoms with Crippen LogP contribution in [0.2, 0.25) is 0 Å². The Balaban J connectivity index is 1.28. The van der Waals surface area contributed by atoms with Crippen molar-refractivity contribution in [1.82, 2.24) is 14.8 Å². The molecule has 0 saturated carbocycles. The van der Waals surface area contributed by atoms with Crippen molar-refractivity contribution >= 4 is 17.7 Å². The van der Waals surface area contributed by atoms with E-state index in [1.165, 1.54) is 30.6 Å². The third-order valence-corrected chi connectivity index (χ3v) is 9.26. The fourth-order valence-corrected chi connectivity index (χ4v) is 6.48. The summed E-state index contributed by atoms with van der Waals surface area (Å²) in [6.07, 6.45) is 6.55. The smallest absolute Gasteiger partial charge is 0.410 e. The number of likely N-dealkylation sites (tertiary alicyclic amines) is 2. The molecule has 0 unspecified atom stereocenters. The van der Waals surface area contributed by atoms with E-state index in [4.69, 9.17) is 14.3 Å². The number of hydroxylamine groups is 1. The molecule has 49 heavy (non-hydrogen) atoms. The number of ether oxygens (including phenoxy) is 2. The molecule has 0 bridgehead atoms. The summed E-state index contributed by atoms with van der Waals surface area (Å²) in [5.41, 5.74) is 4.77. The molecule has 0 atom stereocenters. The Hall–Kier alpha value is -3.95. The molecule has 0 aliphatic carbocycles. The molecule has 0 radical (unpaired) electrons. The van der Waals surface area contributed by atoms with Crippen molar-refractivity contribution in [2.24, 2.45) is 5.92 Å². The minimum atomic E-state index is -0.498. The van der Waals surface area contributed by atoms with Gasteiger partial charge in [-0.15, -0.1) is 0 Å². The zero-order valence-corrected chi connectivity index (χ0v) is 30.7. The molecule has 264 valence electrons. The Bertz CT molecular complexity index is 1610. The molecular weight excluding hydrogens is 616 g/mol. The first kappa shape index (κ1) is 36.3. The Kier molecular flexibility index (Phi) is 11.3. The van der Waals surface area contributed by atoms with Crippen LogP contribution in [0.25, 0.3) is 0 Å². The number of carbonyl (C=O) groups excluding carboxylic acids is 2. The molecule has 1 aromatic heterocycles. The summed E-state index contributed by atoms with van der Waals surface area (Å²) in [7, 11) is 1.54. The van der Waals surface area contributed by atoms with Gasteiger partial charge >= 0.3 is 6.09 Å². The van der Waals surface area contributed by atoms with Gasteiger partial charge in [0.05, 0.1) is 12.8 Å². The summed E-state index contributed by atoms with van der Waals surface area (Å²) in [6.45, 7) is 18.6. The van der Waals surface area contributed by atoms with Gasteiger partial charge in [0.1, 0.15) is 17.1 Å². The Labute approximate surface area is 292 Å². The number of hydrogen-bond acceptors (Lipinski definition) is 7. The minimum absolute atomic E-state index is 0.0933. The number of aryl methyl sites for hydroxylation is 1. The fourth-order valence-electron chi connectivity index (χ4n) is 6.48. The molecule has 2 fully saturated rings. The van der Waals surface area contributed by atoms with Gasteiger partial charge in [0, 0.05) is 43.2 Å². The second-order valence-electron chi connectivity index (χ2n) is 15.6. The maximum absolute atomic E-state index is 14.0. The number of amides is 2. The van der Waals surface area contributed by atoms with Crippen LogP contribution in [0.3, 0.4) is 0 Å². The van der Waals surface area contributed by atoms with E-state index in [0.29, 0.717) is 41.8 Å². The van der Waals surface area contributed by atoms with Gasteiger partial charge in [-0.25, -0.2) is 4.79 Å². The molecule has 2 aromatic carbocycles. The van der Waals surface area contributed by atoms with Gasteiger partial charge in [0.25, 0.3) is 5.91 Å². The van der Waals surface area contributed by atoms with Gasteiger partial charge in [0.15, 0.2) is 0 Å². The van der Waals surface area contributed by atoms with Crippen LogP contribution in [0.1, 0.15) is 100.0 Å². The maximum Gasteiger partial charge on any atom is 0.410 e. The van der Waals surface area contributed by atoms with Gasteiger partial charge in [-0.1, -0.05) is 32.9 Å². The third kappa shape index (κ3) is 9.82. The zero-order chi connectivity index (χ0) is 35.3. The van der Waals surface area contributed by atoms with Crippen molar-refractivity contribution < 1.29 is 23.9 Å². The number of aromatic nitrogens is 1. The first-order valence-corrected chi connectivity index (χ1v) is 17.7. The number of anilines is 1. The van der Waals surface area contributed by atoms with Gasteiger partial charge in [0.2, 0.25) is 0 Å². The highest BCUT2D eigenvalue weighted by Gasteiger charge is 2.28. The van der Waals surface area contributed by atoms with Crippen LogP contribution in [-0.2, 0) is 28.0 Å². The van der Waals surface area contributed by atoms with E-state index in [1.54, 1.807) is 17.2 Å². The van der Waals surface area contributed by atoms with Crippen LogP contribution in [-0.4, -0.2) is 65.7 Å². The Morgan fingerprint density at radius 3 is 2.29 bits per heavy atom. The normalized spacial score (nSPS) is 16.1. The monoisotopic (exact) mass is 670 g/mol. The molecule has 0 spiro atoms. The largest absolute Gasteiger partial charge is 0.457 e. The first-order chi connectivity index (χ1) is 23.2. The lowest BCUT2D eigenvalue weighted by molar-refractivity contribution is 0.0184. The van der Waals surface area contributed by atoms with Gasteiger partial charge in [-0.3, -0.25) is 19.5 Å². The van der Waals surface area contributed by atoms with Crippen LogP contribution in [0.4, 0.5) is 10.5 Å². The van der Waals surface area contributed by atoms with E-state index in [0.717, 1.165) is 55.7 Å². The van der Waals surface area contributed by atoms with Gasteiger partial charge in [-0.05, 0) is 131 Å². The van der Waals surface area contributed by atoms with E-state index in [9.17, 15) is 9.59 Å². The van der Waals surface area contributed by atoms with Crippen molar-refractivity contribution in [1.29, 1.82) is 0 Å². The van der Waals surface area contributed by atoms with Crippen molar-refractivity contribution in [2.75, 3.05) is 38.4 Å². The molecule has 2 aliphatic heterocycles.